The second-order valence-electron chi connectivity index (χ2n) is 7.00. The number of aromatic nitrogens is 1. The number of nitrogens with zero attached hydrogens (tertiary/aromatic N) is 1. The highest BCUT2D eigenvalue weighted by atomic mass is 32.1. The zero-order valence-electron chi connectivity index (χ0n) is 16.1. The summed E-state index contributed by atoms with van der Waals surface area (Å²) < 4.78 is 5.34. The second-order valence-corrected chi connectivity index (χ2v) is 7.41. The molecule has 6 nitrogen and oxygen atoms in total. The molecule has 0 bridgehead atoms. The Morgan fingerprint density at radius 2 is 1.89 bits per heavy atom. The Hall–Kier alpha value is -1.96. The molecule has 0 spiro atoms. The summed E-state index contributed by atoms with van der Waals surface area (Å²) >= 11 is 5.33. The fourth-order valence-electron chi connectivity index (χ4n) is 3.33. The van der Waals surface area contributed by atoms with Gasteiger partial charge in [-0.1, -0.05) is 12.1 Å². The van der Waals surface area contributed by atoms with Crippen LogP contribution in [0.25, 0.3) is 10.9 Å². The van der Waals surface area contributed by atoms with Crippen LogP contribution in [0, 0.1) is 13.8 Å². The van der Waals surface area contributed by atoms with Crippen LogP contribution >= 0.6 is 12.2 Å². The van der Waals surface area contributed by atoms with E-state index in [4.69, 9.17) is 17.0 Å². The molecular formula is C20H28N4O2S. The SMILES string of the molecule is Cc1ccc(C)c2[nH]c(=O)c(CCNC(=S)NCCN3CCOCC3)cc12. The first-order valence-corrected chi connectivity index (χ1v) is 9.89. The van der Waals surface area contributed by atoms with E-state index < -0.39 is 0 Å². The number of hydrogen-bond acceptors (Lipinski definition) is 4. The molecule has 3 N–H and O–H groups in total. The van der Waals surface area contributed by atoms with Crippen molar-refractivity contribution in [1.82, 2.24) is 20.5 Å². The lowest BCUT2D eigenvalue weighted by Gasteiger charge is -2.26. The summed E-state index contributed by atoms with van der Waals surface area (Å²) in [4.78, 5) is 17.8. The van der Waals surface area contributed by atoms with Crippen LogP contribution in [-0.2, 0) is 11.2 Å². The van der Waals surface area contributed by atoms with Gasteiger partial charge in [-0.05, 0) is 49.7 Å². The molecule has 146 valence electrons. The van der Waals surface area contributed by atoms with E-state index >= 15 is 0 Å². The number of rotatable bonds is 6. The van der Waals surface area contributed by atoms with Crippen molar-refractivity contribution in [2.75, 3.05) is 45.9 Å². The summed E-state index contributed by atoms with van der Waals surface area (Å²) in [6, 6.07) is 6.13. The van der Waals surface area contributed by atoms with Gasteiger partial charge in [0.15, 0.2) is 5.11 Å². The zero-order chi connectivity index (χ0) is 19.2. The van der Waals surface area contributed by atoms with Gasteiger partial charge in [0, 0.05) is 43.7 Å². The highest BCUT2D eigenvalue weighted by Crippen LogP contribution is 2.19. The molecule has 1 aliphatic rings. The number of thiocarbonyl (C=S) groups is 1. The molecule has 0 unspecified atom stereocenters. The number of nitrogens with one attached hydrogen (secondary N) is 3. The highest BCUT2D eigenvalue weighted by Gasteiger charge is 2.10. The third-order valence-corrected chi connectivity index (χ3v) is 5.31. The second kappa shape index (κ2) is 9.30. The highest BCUT2D eigenvalue weighted by molar-refractivity contribution is 7.80. The van der Waals surface area contributed by atoms with Gasteiger partial charge in [0.05, 0.1) is 18.7 Å². The Morgan fingerprint density at radius 3 is 2.67 bits per heavy atom. The molecule has 1 aliphatic heterocycles. The molecule has 2 heterocycles. The van der Waals surface area contributed by atoms with Crippen molar-refractivity contribution in [1.29, 1.82) is 0 Å². The van der Waals surface area contributed by atoms with E-state index in [-0.39, 0.29) is 5.56 Å². The zero-order valence-corrected chi connectivity index (χ0v) is 16.9. The fraction of sp³-hybridized carbons (Fsp3) is 0.500. The summed E-state index contributed by atoms with van der Waals surface area (Å²) in [5.41, 5.74) is 3.94. The first-order valence-electron chi connectivity index (χ1n) is 9.48. The van der Waals surface area contributed by atoms with Crippen LogP contribution in [0.5, 0.6) is 0 Å². The van der Waals surface area contributed by atoms with Crippen molar-refractivity contribution in [3.63, 3.8) is 0 Å². The number of H-pyrrole nitrogens is 1. The van der Waals surface area contributed by atoms with E-state index in [2.05, 4.69) is 33.5 Å². The van der Waals surface area contributed by atoms with Gasteiger partial charge in [-0.15, -0.1) is 0 Å². The van der Waals surface area contributed by atoms with Gasteiger partial charge in [0.1, 0.15) is 0 Å². The Balaban J connectivity index is 1.48. The van der Waals surface area contributed by atoms with E-state index in [1.165, 1.54) is 5.56 Å². The normalized spacial score (nSPS) is 15.0. The smallest absolute Gasteiger partial charge is 0.251 e. The van der Waals surface area contributed by atoms with Gasteiger partial charge in [-0.25, -0.2) is 0 Å². The standard InChI is InChI=1S/C20H28N4O2S/c1-14-3-4-15(2)18-17(14)13-16(19(25)23-18)5-6-21-20(27)22-7-8-24-9-11-26-12-10-24/h3-4,13H,5-12H2,1-2H3,(H,23,25)(H2,21,22,27). The lowest BCUT2D eigenvalue weighted by molar-refractivity contribution is 0.0389. The quantitative estimate of drug-likeness (QED) is 0.652. The maximum Gasteiger partial charge on any atom is 0.251 e. The van der Waals surface area contributed by atoms with Crippen LogP contribution in [0.1, 0.15) is 16.7 Å². The fourth-order valence-corrected chi connectivity index (χ4v) is 3.53. The Bertz CT molecular complexity index is 859. The van der Waals surface area contributed by atoms with Gasteiger partial charge >= 0.3 is 0 Å². The van der Waals surface area contributed by atoms with E-state index in [1.807, 2.05) is 19.1 Å². The van der Waals surface area contributed by atoms with Crippen molar-refractivity contribution in [3.8, 4) is 0 Å². The third kappa shape index (κ3) is 5.28. The number of ether oxygens (including phenoxy) is 1. The summed E-state index contributed by atoms with van der Waals surface area (Å²) in [7, 11) is 0. The van der Waals surface area contributed by atoms with Crippen LogP contribution in [0.4, 0.5) is 0 Å². The number of morpholine rings is 1. The summed E-state index contributed by atoms with van der Waals surface area (Å²) in [6.45, 7) is 10.0. The van der Waals surface area contributed by atoms with Crippen LogP contribution in [0.3, 0.4) is 0 Å². The van der Waals surface area contributed by atoms with Crippen molar-refractivity contribution in [2.24, 2.45) is 0 Å². The third-order valence-electron chi connectivity index (χ3n) is 5.02. The van der Waals surface area contributed by atoms with Gasteiger partial charge in [-0.3, -0.25) is 9.69 Å². The van der Waals surface area contributed by atoms with Crippen LogP contribution in [0.15, 0.2) is 23.0 Å². The average molecular weight is 389 g/mol. The maximum atomic E-state index is 12.4. The number of benzene rings is 1. The number of fused-ring (bicyclic) bond motifs is 1. The molecule has 0 atom stereocenters. The Labute approximate surface area is 165 Å². The lowest BCUT2D eigenvalue weighted by Crippen LogP contribution is -2.44. The first-order chi connectivity index (χ1) is 13.0. The van der Waals surface area contributed by atoms with E-state index in [1.54, 1.807) is 0 Å². The molecule has 27 heavy (non-hydrogen) atoms. The number of pyridine rings is 1. The van der Waals surface area contributed by atoms with Crippen LogP contribution in [-0.4, -0.2) is 60.9 Å². The molecule has 1 aromatic carbocycles. The van der Waals surface area contributed by atoms with Crippen molar-refractivity contribution in [2.45, 2.75) is 20.3 Å². The Kier molecular flexibility index (Phi) is 6.82. The summed E-state index contributed by atoms with van der Waals surface area (Å²) in [5.74, 6) is 0. The average Bonchev–Trinajstić information content (AvgIpc) is 2.66. The molecule has 0 radical (unpaired) electrons. The van der Waals surface area contributed by atoms with Crippen molar-refractivity contribution < 1.29 is 4.74 Å². The van der Waals surface area contributed by atoms with Crippen LogP contribution < -0.4 is 16.2 Å². The van der Waals surface area contributed by atoms with Gasteiger partial charge < -0.3 is 20.4 Å². The Morgan fingerprint density at radius 1 is 1.19 bits per heavy atom. The lowest BCUT2D eigenvalue weighted by atomic mass is 10.0. The first kappa shape index (κ1) is 19.8. The van der Waals surface area contributed by atoms with Gasteiger partial charge in [-0.2, -0.15) is 0 Å². The monoisotopic (exact) mass is 388 g/mol. The van der Waals surface area contributed by atoms with Gasteiger partial charge in [0.25, 0.3) is 5.56 Å². The predicted molar refractivity (Wildman–Crippen MR) is 114 cm³/mol. The molecule has 0 saturated carbocycles. The minimum atomic E-state index is -0.0239. The molecule has 1 aromatic heterocycles. The molecular weight excluding hydrogens is 360 g/mol. The molecule has 2 aromatic rings. The number of aryl methyl sites for hydroxylation is 2. The van der Waals surface area contributed by atoms with Crippen molar-refractivity contribution >= 4 is 28.2 Å². The molecule has 0 aliphatic carbocycles. The summed E-state index contributed by atoms with van der Waals surface area (Å²) in [6.07, 6.45) is 0.629. The molecule has 1 saturated heterocycles. The maximum absolute atomic E-state index is 12.4. The van der Waals surface area contributed by atoms with Gasteiger partial charge in [0.2, 0.25) is 0 Å². The number of aromatic amines is 1. The number of hydrogen-bond donors (Lipinski definition) is 3. The largest absolute Gasteiger partial charge is 0.379 e. The molecule has 0 amide bonds. The van der Waals surface area contributed by atoms with Crippen molar-refractivity contribution in [3.05, 3.63) is 45.2 Å². The summed E-state index contributed by atoms with van der Waals surface area (Å²) in [5, 5.41) is 8.16. The van der Waals surface area contributed by atoms with E-state index in [0.717, 1.165) is 61.4 Å². The topological polar surface area (TPSA) is 69.4 Å². The van der Waals surface area contributed by atoms with Crippen LogP contribution in [0.2, 0.25) is 0 Å². The predicted octanol–water partition coefficient (Wildman–Crippen LogP) is 1.48. The molecule has 7 heteroatoms. The van der Waals surface area contributed by atoms with E-state index in [9.17, 15) is 4.79 Å². The van der Waals surface area contributed by atoms with E-state index in [0.29, 0.717) is 18.1 Å². The minimum Gasteiger partial charge on any atom is -0.379 e. The molecule has 1 fully saturated rings. The minimum absolute atomic E-state index is 0.0239. The molecule has 3 rings (SSSR count).